The van der Waals surface area contributed by atoms with Crippen molar-refractivity contribution in [3.05, 3.63) is 47.7 Å². The number of primary amides is 1. The summed E-state index contributed by atoms with van der Waals surface area (Å²) >= 11 is 0. The maximum absolute atomic E-state index is 12.7. The Kier molecular flexibility index (Phi) is 9.39. The Balaban J connectivity index is 1.42. The van der Waals surface area contributed by atoms with Gasteiger partial charge in [-0.3, -0.25) is 14.4 Å². The predicted molar refractivity (Wildman–Crippen MR) is 146 cm³/mol. The molecule has 1 atom stereocenters. The van der Waals surface area contributed by atoms with E-state index in [0.29, 0.717) is 57.2 Å². The van der Waals surface area contributed by atoms with Gasteiger partial charge in [0.15, 0.2) is 11.5 Å². The minimum atomic E-state index is -0.776. The van der Waals surface area contributed by atoms with Gasteiger partial charge in [-0.15, -0.1) is 10.2 Å². The Hall–Kier alpha value is -4.10. The average molecular weight is 538 g/mol. The Labute approximate surface area is 227 Å². The second kappa shape index (κ2) is 13.1. The lowest BCUT2D eigenvalue weighted by molar-refractivity contribution is -0.127. The predicted octanol–water partition coefficient (Wildman–Crippen LogP) is 0.707. The van der Waals surface area contributed by atoms with Crippen LogP contribution in [0.1, 0.15) is 33.7 Å². The first-order valence-electron chi connectivity index (χ1n) is 13.0. The third-order valence-corrected chi connectivity index (χ3v) is 6.41. The molecule has 0 bridgehead atoms. The van der Waals surface area contributed by atoms with Crippen LogP contribution in [0.3, 0.4) is 0 Å². The standard InChI is InChI=1S/C26H35N9O4/c1-33(2)11-4-6-21(36)35-12-3-5-20(17-35)29-26-30-24(22(23(27)37)31-32-26)28-19-9-7-18(8-10-19)25(38)34-13-15-39-16-14-34/h4,6-10,20H,3,5,11-17H2,1-2H3,(H2,27,37)(H2,28,29,30,32)/b6-4+/t20-/m1/s1. The van der Waals surface area contributed by atoms with E-state index in [1.165, 1.54) is 0 Å². The average Bonchev–Trinajstić information content (AvgIpc) is 2.93. The normalized spacial score (nSPS) is 17.9. The van der Waals surface area contributed by atoms with Gasteiger partial charge in [0.2, 0.25) is 11.9 Å². The molecule has 39 heavy (non-hydrogen) atoms. The lowest BCUT2D eigenvalue weighted by Gasteiger charge is -2.32. The monoisotopic (exact) mass is 537 g/mol. The number of morpholine rings is 1. The van der Waals surface area contributed by atoms with E-state index in [1.54, 1.807) is 40.1 Å². The van der Waals surface area contributed by atoms with E-state index in [2.05, 4.69) is 25.8 Å². The number of nitrogens with zero attached hydrogens (tertiary/aromatic N) is 6. The van der Waals surface area contributed by atoms with E-state index < -0.39 is 5.91 Å². The van der Waals surface area contributed by atoms with E-state index in [0.717, 1.165) is 12.8 Å². The molecule has 0 radical (unpaired) electrons. The van der Waals surface area contributed by atoms with E-state index in [4.69, 9.17) is 10.5 Å². The van der Waals surface area contributed by atoms with Gasteiger partial charge in [-0.1, -0.05) is 6.08 Å². The summed E-state index contributed by atoms with van der Waals surface area (Å²) in [6.07, 6.45) is 5.10. The topological polar surface area (TPSA) is 159 Å². The highest BCUT2D eigenvalue weighted by atomic mass is 16.5. The van der Waals surface area contributed by atoms with Crippen molar-refractivity contribution in [2.45, 2.75) is 18.9 Å². The fourth-order valence-corrected chi connectivity index (χ4v) is 4.37. The second-order valence-electron chi connectivity index (χ2n) is 9.74. The number of carbonyl (C=O) groups is 3. The molecule has 4 rings (SSSR count). The summed E-state index contributed by atoms with van der Waals surface area (Å²) in [5, 5.41) is 14.3. The molecule has 0 aliphatic carbocycles. The highest BCUT2D eigenvalue weighted by Crippen LogP contribution is 2.21. The summed E-state index contributed by atoms with van der Waals surface area (Å²) in [6, 6.07) is 6.78. The second-order valence-corrected chi connectivity index (χ2v) is 9.74. The van der Waals surface area contributed by atoms with Crippen molar-refractivity contribution in [3.63, 3.8) is 0 Å². The Bertz CT molecular complexity index is 1200. The third kappa shape index (κ3) is 7.71. The molecule has 208 valence electrons. The number of amides is 3. The SMILES string of the molecule is CN(C)C/C=C/C(=O)N1CCC[C@@H](Nc2nnc(C(N)=O)c(Nc3ccc(C(=O)N4CCOCC4)cc3)n2)C1. The van der Waals surface area contributed by atoms with Crippen LogP contribution < -0.4 is 16.4 Å². The van der Waals surface area contributed by atoms with Crippen molar-refractivity contribution in [2.75, 3.05) is 70.7 Å². The number of likely N-dealkylation sites (N-methyl/N-ethyl adjacent to an activating group) is 1. The summed E-state index contributed by atoms with van der Waals surface area (Å²) in [4.78, 5) is 47.2. The molecule has 2 saturated heterocycles. The van der Waals surface area contributed by atoms with E-state index in [-0.39, 0.29) is 35.3 Å². The molecular formula is C26H35N9O4. The molecule has 0 saturated carbocycles. The number of rotatable bonds is 9. The van der Waals surface area contributed by atoms with Crippen molar-refractivity contribution < 1.29 is 19.1 Å². The number of hydrogen-bond donors (Lipinski definition) is 3. The zero-order valence-electron chi connectivity index (χ0n) is 22.3. The number of nitrogens with two attached hydrogens (primary N) is 1. The van der Waals surface area contributed by atoms with Crippen LogP contribution in [0, 0.1) is 0 Å². The summed E-state index contributed by atoms with van der Waals surface area (Å²) in [7, 11) is 3.89. The number of aromatic nitrogens is 3. The molecule has 2 aromatic rings. The van der Waals surface area contributed by atoms with Crippen molar-refractivity contribution in [3.8, 4) is 0 Å². The van der Waals surface area contributed by atoms with E-state index >= 15 is 0 Å². The zero-order valence-corrected chi connectivity index (χ0v) is 22.3. The third-order valence-electron chi connectivity index (χ3n) is 6.41. The number of carbonyl (C=O) groups excluding carboxylic acids is 3. The molecule has 13 nitrogen and oxygen atoms in total. The first-order chi connectivity index (χ1) is 18.8. The molecule has 0 unspecified atom stereocenters. The molecule has 0 spiro atoms. The Morgan fingerprint density at radius 2 is 1.85 bits per heavy atom. The Morgan fingerprint density at radius 1 is 1.10 bits per heavy atom. The van der Waals surface area contributed by atoms with Crippen LogP contribution in [0.25, 0.3) is 0 Å². The van der Waals surface area contributed by atoms with Crippen LogP contribution in [0.2, 0.25) is 0 Å². The zero-order chi connectivity index (χ0) is 27.8. The minimum Gasteiger partial charge on any atom is -0.378 e. The van der Waals surface area contributed by atoms with Gasteiger partial charge < -0.3 is 35.8 Å². The van der Waals surface area contributed by atoms with Gasteiger partial charge in [-0.25, -0.2) is 0 Å². The molecule has 2 aliphatic rings. The summed E-state index contributed by atoms with van der Waals surface area (Å²) in [5.74, 6) is -0.524. The smallest absolute Gasteiger partial charge is 0.273 e. The van der Waals surface area contributed by atoms with Crippen molar-refractivity contribution in [1.29, 1.82) is 0 Å². The quantitative estimate of drug-likeness (QED) is 0.389. The lowest BCUT2D eigenvalue weighted by Crippen LogP contribution is -2.44. The number of hydrogen-bond acceptors (Lipinski definition) is 10. The van der Waals surface area contributed by atoms with Crippen LogP contribution in [-0.4, -0.2) is 114 Å². The van der Waals surface area contributed by atoms with Crippen LogP contribution in [0.5, 0.6) is 0 Å². The van der Waals surface area contributed by atoms with E-state index in [1.807, 2.05) is 25.1 Å². The van der Waals surface area contributed by atoms with Gasteiger partial charge in [0.25, 0.3) is 11.8 Å². The van der Waals surface area contributed by atoms with Gasteiger partial charge in [0.1, 0.15) is 0 Å². The van der Waals surface area contributed by atoms with Gasteiger partial charge in [-0.2, -0.15) is 4.98 Å². The van der Waals surface area contributed by atoms with Crippen molar-refractivity contribution in [1.82, 2.24) is 29.9 Å². The van der Waals surface area contributed by atoms with Crippen molar-refractivity contribution in [2.24, 2.45) is 5.73 Å². The largest absolute Gasteiger partial charge is 0.378 e. The number of anilines is 3. The molecular weight excluding hydrogens is 502 g/mol. The first kappa shape index (κ1) is 27.9. The Morgan fingerprint density at radius 3 is 2.54 bits per heavy atom. The fraction of sp³-hybridized carbons (Fsp3) is 0.462. The number of likely N-dealkylation sites (tertiary alicyclic amines) is 1. The summed E-state index contributed by atoms with van der Waals surface area (Å²) in [6.45, 7) is 4.04. The number of nitrogens with one attached hydrogen (secondary N) is 2. The fourth-order valence-electron chi connectivity index (χ4n) is 4.37. The van der Waals surface area contributed by atoms with Crippen LogP contribution in [0.4, 0.5) is 17.5 Å². The van der Waals surface area contributed by atoms with Gasteiger partial charge in [-0.05, 0) is 51.2 Å². The van der Waals surface area contributed by atoms with Crippen LogP contribution >= 0.6 is 0 Å². The summed E-state index contributed by atoms with van der Waals surface area (Å²) < 4.78 is 5.31. The maximum atomic E-state index is 12.7. The lowest BCUT2D eigenvalue weighted by atomic mass is 10.1. The molecule has 1 aromatic heterocycles. The van der Waals surface area contributed by atoms with E-state index in [9.17, 15) is 14.4 Å². The first-order valence-corrected chi connectivity index (χ1v) is 13.0. The van der Waals surface area contributed by atoms with Gasteiger partial charge >= 0.3 is 0 Å². The number of ether oxygens (including phenoxy) is 1. The minimum absolute atomic E-state index is 0.0376. The van der Waals surface area contributed by atoms with Crippen LogP contribution in [-0.2, 0) is 9.53 Å². The highest BCUT2D eigenvalue weighted by molar-refractivity contribution is 5.97. The van der Waals surface area contributed by atoms with Crippen molar-refractivity contribution >= 4 is 35.2 Å². The summed E-state index contributed by atoms with van der Waals surface area (Å²) in [5.41, 5.74) is 6.54. The molecule has 4 N–H and O–H groups in total. The maximum Gasteiger partial charge on any atom is 0.273 e. The molecule has 3 heterocycles. The highest BCUT2D eigenvalue weighted by Gasteiger charge is 2.24. The number of piperidine rings is 1. The number of benzene rings is 1. The van der Waals surface area contributed by atoms with Crippen LogP contribution in [0.15, 0.2) is 36.4 Å². The molecule has 13 heteroatoms. The molecule has 2 fully saturated rings. The van der Waals surface area contributed by atoms with Gasteiger partial charge in [0, 0.05) is 56.1 Å². The molecule has 3 amide bonds. The molecule has 2 aliphatic heterocycles. The van der Waals surface area contributed by atoms with Gasteiger partial charge in [0.05, 0.1) is 13.2 Å². The molecule has 1 aromatic carbocycles.